The number of hydrogen-bond acceptors (Lipinski definition) is 2. The van der Waals surface area contributed by atoms with E-state index in [0.717, 1.165) is 57.3 Å². The fourth-order valence-corrected chi connectivity index (χ4v) is 4.10. The van der Waals surface area contributed by atoms with E-state index >= 15 is 0 Å². The molecule has 2 fully saturated rings. The summed E-state index contributed by atoms with van der Waals surface area (Å²) in [7, 11) is 0. The van der Waals surface area contributed by atoms with Gasteiger partial charge >= 0.3 is 0 Å². The normalized spacial score (nSPS) is 23.4. The molecule has 0 saturated carbocycles. The highest BCUT2D eigenvalue weighted by Gasteiger charge is 2.26. The zero-order chi connectivity index (χ0) is 16.9. The molecule has 2 saturated heterocycles. The maximum absolute atomic E-state index is 13.3. The molecule has 1 amide bonds. The molecular weight excluding hydrogens is 303 g/mol. The molecule has 1 aromatic carbocycles. The summed E-state index contributed by atoms with van der Waals surface area (Å²) in [5.74, 6) is 0.754. The molecule has 0 bridgehead atoms. The summed E-state index contributed by atoms with van der Waals surface area (Å²) >= 11 is 0. The molecule has 1 atom stereocenters. The third-order valence-corrected chi connectivity index (χ3v) is 5.60. The van der Waals surface area contributed by atoms with E-state index in [9.17, 15) is 9.18 Å². The Kier molecular flexibility index (Phi) is 5.88. The molecule has 24 heavy (non-hydrogen) atoms. The van der Waals surface area contributed by atoms with Gasteiger partial charge in [-0.15, -0.1) is 0 Å². The number of halogens is 1. The Morgan fingerprint density at radius 3 is 2.67 bits per heavy atom. The molecular formula is C20H29FN2O. The van der Waals surface area contributed by atoms with Gasteiger partial charge in [-0.3, -0.25) is 9.69 Å². The lowest BCUT2D eigenvalue weighted by Crippen LogP contribution is -2.48. The fraction of sp³-hybridized carbons (Fsp3) is 0.650. The first-order valence-electron chi connectivity index (χ1n) is 9.38. The van der Waals surface area contributed by atoms with Crippen molar-refractivity contribution in [2.45, 2.75) is 51.5 Å². The highest BCUT2D eigenvalue weighted by atomic mass is 19.1. The first-order chi connectivity index (χ1) is 11.6. The molecule has 132 valence electrons. The molecule has 2 aliphatic heterocycles. The number of benzene rings is 1. The van der Waals surface area contributed by atoms with Gasteiger partial charge in [-0.1, -0.05) is 12.1 Å². The molecule has 0 N–H and O–H groups in total. The van der Waals surface area contributed by atoms with Crippen LogP contribution in [0.5, 0.6) is 0 Å². The van der Waals surface area contributed by atoms with Crippen LogP contribution in [-0.2, 0) is 11.2 Å². The van der Waals surface area contributed by atoms with Crippen molar-refractivity contribution in [3.8, 4) is 0 Å². The smallest absolute Gasteiger partial charge is 0.236 e. The predicted molar refractivity (Wildman–Crippen MR) is 94.3 cm³/mol. The fourth-order valence-electron chi connectivity index (χ4n) is 4.10. The van der Waals surface area contributed by atoms with Crippen LogP contribution in [-0.4, -0.2) is 47.9 Å². The van der Waals surface area contributed by atoms with Crippen LogP contribution in [0.4, 0.5) is 4.39 Å². The van der Waals surface area contributed by atoms with E-state index in [-0.39, 0.29) is 5.82 Å². The summed E-state index contributed by atoms with van der Waals surface area (Å²) in [4.78, 5) is 16.9. The van der Waals surface area contributed by atoms with E-state index < -0.39 is 0 Å². The number of nitrogens with zero attached hydrogens (tertiary/aromatic N) is 2. The lowest BCUT2D eigenvalue weighted by Gasteiger charge is -2.37. The third kappa shape index (κ3) is 4.56. The molecule has 0 unspecified atom stereocenters. The first kappa shape index (κ1) is 17.4. The number of hydrogen-bond donors (Lipinski definition) is 0. The van der Waals surface area contributed by atoms with Crippen molar-refractivity contribution in [3.05, 3.63) is 35.6 Å². The minimum atomic E-state index is -0.147. The van der Waals surface area contributed by atoms with E-state index in [4.69, 9.17) is 0 Å². The highest BCUT2D eigenvalue weighted by Crippen LogP contribution is 2.23. The average molecular weight is 332 g/mol. The zero-order valence-corrected chi connectivity index (χ0v) is 14.7. The van der Waals surface area contributed by atoms with Crippen molar-refractivity contribution in [2.24, 2.45) is 5.92 Å². The maximum atomic E-state index is 13.3. The predicted octanol–water partition coefficient (Wildman–Crippen LogP) is 3.48. The van der Waals surface area contributed by atoms with Gasteiger partial charge in [-0.2, -0.15) is 0 Å². The van der Waals surface area contributed by atoms with Gasteiger partial charge in [0.15, 0.2) is 0 Å². The Hall–Kier alpha value is -1.42. The van der Waals surface area contributed by atoms with E-state index in [0.29, 0.717) is 24.4 Å². The molecule has 3 nitrogen and oxygen atoms in total. The van der Waals surface area contributed by atoms with Gasteiger partial charge in [0.2, 0.25) is 5.91 Å². The number of carbonyl (C=O) groups excluding carboxylic acids is 1. The monoisotopic (exact) mass is 332 g/mol. The van der Waals surface area contributed by atoms with E-state index in [2.05, 4.69) is 16.7 Å². The van der Waals surface area contributed by atoms with Crippen LogP contribution in [0.1, 0.15) is 44.6 Å². The molecule has 0 radical (unpaired) electrons. The van der Waals surface area contributed by atoms with Gasteiger partial charge in [-0.05, 0) is 82.2 Å². The van der Waals surface area contributed by atoms with Crippen LogP contribution < -0.4 is 0 Å². The second kappa shape index (κ2) is 8.11. The zero-order valence-electron chi connectivity index (χ0n) is 14.7. The largest absolute Gasteiger partial charge is 0.339 e. The maximum Gasteiger partial charge on any atom is 0.236 e. The van der Waals surface area contributed by atoms with E-state index in [1.54, 1.807) is 12.1 Å². The van der Waals surface area contributed by atoms with Crippen molar-refractivity contribution in [1.82, 2.24) is 9.80 Å². The minimum absolute atomic E-state index is 0.147. The number of piperidine rings is 2. The van der Waals surface area contributed by atoms with Crippen molar-refractivity contribution < 1.29 is 9.18 Å². The average Bonchev–Trinajstić information content (AvgIpc) is 2.57. The molecule has 4 heteroatoms. The van der Waals surface area contributed by atoms with Crippen LogP contribution in [0, 0.1) is 11.7 Å². The van der Waals surface area contributed by atoms with Gasteiger partial charge in [-0.25, -0.2) is 4.39 Å². The summed E-state index contributed by atoms with van der Waals surface area (Å²) in [6, 6.07) is 7.35. The van der Waals surface area contributed by atoms with Crippen molar-refractivity contribution >= 4 is 5.91 Å². The van der Waals surface area contributed by atoms with Gasteiger partial charge in [0.05, 0.1) is 6.54 Å². The highest BCUT2D eigenvalue weighted by molar-refractivity contribution is 5.78. The van der Waals surface area contributed by atoms with Gasteiger partial charge in [0.1, 0.15) is 5.82 Å². The molecule has 2 aliphatic rings. The number of carbonyl (C=O) groups is 1. The Bertz CT molecular complexity index is 554. The van der Waals surface area contributed by atoms with Gasteiger partial charge in [0, 0.05) is 12.6 Å². The van der Waals surface area contributed by atoms with E-state index in [1.165, 1.54) is 12.5 Å². The molecule has 2 heterocycles. The number of rotatable bonds is 4. The van der Waals surface area contributed by atoms with Crippen LogP contribution >= 0.6 is 0 Å². The van der Waals surface area contributed by atoms with Crippen LogP contribution in [0.15, 0.2) is 24.3 Å². The quantitative estimate of drug-likeness (QED) is 0.843. The van der Waals surface area contributed by atoms with Crippen molar-refractivity contribution in [3.63, 3.8) is 0 Å². The Labute approximate surface area is 144 Å². The minimum Gasteiger partial charge on any atom is -0.339 e. The van der Waals surface area contributed by atoms with Gasteiger partial charge < -0.3 is 4.90 Å². The standard InChI is InChI=1S/C20H29FN2O/c1-16-5-2-3-10-23(16)20(24)15-22-11-8-17(9-12-22)13-18-6-4-7-19(21)14-18/h4,6-7,14,16-17H,2-3,5,8-13,15H2,1H3/t16-/m0/s1. The lowest BCUT2D eigenvalue weighted by molar-refractivity contribution is -0.136. The van der Waals surface area contributed by atoms with Crippen LogP contribution in [0.3, 0.4) is 0 Å². The number of amides is 1. The molecule has 3 rings (SSSR count). The second-order valence-corrected chi connectivity index (χ2v) is 7.49. The molecule has 0 aliphatic carbocycles. The lowest BCUT2D eigenvalue weighted by atomic mass is 9.90. The topological polar surface area (TPSA) is 23.6 Å². The molecule has 0 spiro atoms. The summed E-state index contributed by atoms with van der Waals surface area (Å²) in [6.07, 6.45) is 6.67. The molecule has 0 aromatic heterocycles. The summed E-state index contributed by atoms with van der Waals surface area (Å²) in [6.45, 7) is 5.62. The SMILES string of the molecule is C[C@H]1CCCCN1C(=O)CN1CCC(Cc2cccc(F)c2)CC1. The first-order valence-corrected chi connectivity index (χ1v) is 9.38. The summed E-state index contributed by atoms with van der Waals surface area (Å²) < 4.78 is 13.3. The Balaban J connectivity index is 1.44. The Morgan fingerprint density at radius 1 is 1.17 bits per heavy atom. The van der Waals surface area contributed by atoms with E-state index in [1.807, 2.05) is 6.07 Å². The summed E-state index contributed by atoms with van der Waals surface area (Å²) in [5, 5.41) is 0. The van der Waals surface area contributed by atoms with Crippen LogP contribution in [0.25, 0.3) is 0 Å². The second-order valence-electron chi connectivity index (χ2n) is 7.49. The Morgan fingerprint density at radius 2 is 1.96 bits per heavy atom. The summed E-state index contributed by atoms with van der Waals surface area (Å²) in [5.41, 5.74) is 1.09. The van der Waals surface area contributed by atoms with Gasteiger partial charge in [0.25, 0.3) is 0 Å². The third-order valence-electron chi connectivity index (χ3n) is 5.60. The molecule has 1 aromatic rings. The van der Waals surface area contributed by atoms with Crippen molar-refractivity contribution in [1.29, 1.82) is 0 Å². The van der Waals surface area contributed by atoms with Crippen molar-refractivity contribution in [2.75, 3.05) is 26.2 Å². The number of likely N-dealkylation sites (tertiary alicyclic amines) is 2. The van der Waals surface area contributed by atoms with Crippen LogP contribution in [0.2, 0.25) is 0 Å².